The van der Waals surface area contributed by atoms with Crippen molar-refractivity contribution in [2.75, 3.05) is 11.4 Å². The number of aromatic hydroxyl groups is 1. The Labute approximate surface area is 107 Å². The van der Waals surface area contributed by atoms with Gasteiger partial charge in [-0.2, -0.15) is 0 Å². The first-order valence-electron chi connectivity index (χ1n) is 6.89. The van der Waals surface area contributed by atoms with Gasteiger partial charge in [-0.3, -0.25) is 4.79 Å². The summed E-state index contributed by atoms with van der Waals surface area (Å²) >= 11 is 0. The van der Waals surface area contributed by atoms with E-state index >= 15 is 0 Å². The second-order valence-electron chi connectivity index (χ2n) is 5.36. The smallest absolute Gasteiger partial charge is 0.230 e. The molecule has 1 fully saturated rings. The molecule has 1 aromatic carbocycles. The van der Waals surface area contributed by atoms with E-state index in [1.807, 2.05) is 17.0 Å². The van der Waals surface area contributed by atoms with Crippen LogP contribution in [0.4, 0.5) is 5.69 Å². The number of benzene rings is 1. The van der Waals surface area contributed by atoms with Gasteiger partial charge < -0.3 is 10.0 Å². The van der Waals surface area contributed by atoms with Gasteiger partial charge in [0.05, 0.1) is 5.69 Å². The lowest BCUT2D eigenvalue weighted by atomic mass is 9.98. The van der Waals surface area contributed by atoms with Crippen molar-refractivity contribution in [3.05, 3.63) is 23.8 Å². The summed E-state index contributed by atoms with van der Waals surface area (Å²) in [5.41, 5.74) is 1.87. The van der Waals surface area contributed by atoms with Gasteiger partial charge >= 0.3 is 0 Å². The normalized spacial score (nSPS) is 19.9. The molecule has 0 saturated heterocycles. The number of para-hydroxylation sites is 1. The number of carbonyl (C=O) groups excluding carboxylic acids is 1. The summed E-state index contributed by atoms with van der Waals surface area (Å²) in [6, 6.07) is 5.56. The maximum Gasteiger partial charge on any atom is 0.230 e. The van der Waals surface area contributed by atoms with Gasteiger partial charge in [0.2, 0.25) is 5.91 Å². The zero-order chi connectivity index (χ0) is 12.5. The summed E-state index contributed by atoms with van der Waals surface area (Å²) in [4.78, 5) is 14.4. The maximum atomic E-state index is 12.5. The van der Waals surface area contributed by atoms with Crippen LogP contribution < -0.4 is 4.90 Å². The van der Waals surface area contributed by atoms with Crippen LogP contribution in [0.25, 0.3) is 0 Å². The van der Waals surface area contributed by atoms with Gasteiger partial charge in [-0.05, 0) is 37.3 Å². The summed E-state index contributed by atoms with van der Waals surface area (Å²) in [5.74, 6) is 0.643. The maximum absolute atomic E-state index is 12.5. The van der Waals surface area contributed by atoms with Crippen LogP contribution in [-0.2, 0) is 11.2 Å². The lowest BCUT2D eigenvalue weighted by molar-refractivity contribution is -0.122. The molecule has 0 atom stereocenters. The fraction of sp³-hybridized carbons (Fsp3) is 0.533. The van der Waals surface area contributed by atoms with Crippen molar-refractivity contribution in [1.29, 1.82) is 0 Å². The number of anilines is 1. The third kappa shape index (κ3) is 1.88. The molecule has 96 valence electrons. The number of carbonyl (C=O) groups is 1. The second kappa shape index (κ2) is 4.63. The number of nitrogens with zero attached hydrogens (tertiary/aromatic N) is 1. The van der Waals surface area contributed by atoms with Crippen LogP contribution in [0.1, 0.15) is 37.7 Å². The molecule has 1 heterocycles. The Kier molecular flexibility index (Phi) is 2.98. The first-order chi connectivity index (χ1) is 8.77. The van der Waals surface area contributed by atoms with E-state index in [4.69, 9.17) is 0 Å². The van der Waals surface area contributed by atoms with Gasteiger partial charge in [0.25, 0.3) is 0 Å². The zero-order valence-corrected chi connectivity index (χ0v) is 10.6. The zero-order valence-electron chi connectivity index (χ0n) is 10.6. The van der Waals surface area contributed by atoms with Crippen molar-refractivity contribution in [2.24, 2.45) is 5.92 Å². The van der Waals surface area contributed by atoms with Gasteiger partial charge in [-0.15, -0.1) is 0 Å². The van der Waals surface area contributed by atoms with Crippen LogP contribution in [0.5, 0.6) is 5.75 Å². The molecule has 0 spiro atoms. The Morgan fingerprint density at radius 3 is 2.78 bits per heavy atom. The topological polar surface area (TPSA) is 40.5 Å². The molecular weight excluding hydrogens is 226 g/mol. The largest absolute Gasteiger partial charge is 0.506 e. The number of hydrogen-bond acceptors (Lipinski definition) is 2. The van der Waals surface area contributed by atoms with Crippen molar-refractivity contribution in [3.63, 3.8) is 0 Å². The highest BCUT2D eigenvalue weighted by Gasteiger charge is 2.31. The predicted octanol–water partition coefficient (Wildman–Crippen LogP) is 2.86. The molecule has 0 radical (unpaired) electrons. The Morgan fingerprint density at radius 2 is 2.00 bits per heavy atom. The molecule has 2 aliphatic rings. The second-order valence-corrected chi connectivity index (χ2v) is 5.36. The van der Waals surface area contributed by atoms with Crippen LogP contribution in [0.3, 0.4) is 0 Å². The number of aryl methyl sites for hydroxylation is 1. The molecule has 18 heavy (non-hydrogen) atoms. The van der Waals surface area contributed by atoms with Crippen molar-refractivity contribution < 1.29 is 9.90 Å². The van der Waals surface area contributed by atoms with Crippen molar-refractivity contribution >= 4 is 11.6 Å². The Balaban J connectivity index is 1.93. The third-order valence-electron chi connectivity index (χ3n) is 4.17. The molecule has 1 aliphatic heterocycles. The van der Waals surface area contributed by atoms with E-state index in [-0.39, 0.29) is 17.6 Å². The van der Waals surface area contributed by atoms with E-state index in [0.29, 0.717) is 0 Å². The Hall–Kier alpha value is -1.51. The van der Waals surface area contributed by atoms with Crippen LogP contribution in [-0.4, -0.2) is 17.6 Å². The average molecular weight is 245 g/mol. The quantitative estimate of drug-likeness (QED) is 0.826. The van der Waals surface area contributed by atoms with Gasteiger partial charge in [0, 0.05) is 12.5 Å². The fourth-order valence-electron chi connectivity index (χ4n) is 3.24. The molecule has 3 heteroatoms. The minimum absolute atomic E-state index is 0.176. The SMILES string of the molecule is O=C(C1CCCC1)N1CCCc2cccc(O)c21. The summed E-state index contributed by atoms with van der Waals surface area (Å²) < 4.78 is 0. The molecule has 1 amide bonds. The van der Waals surface area contributed by atoms with Gasteiger partial charge in [-0.25, -0.2) is 0 Å². The summed E-state index contributed by atoms with van der Waals surface area (Å²) in [5, 5.41) is 10.0. The van der Waals surface area contributed by atoms with Crippen LogP contribution >= 0.6 is 0 Å². The Morgan fingerprint density at radius 1 is 1.22 bits per heavy atom. The molecule has 1 saturated carbocycles. The van der Waals surface area contributed by atoms with Gasteiger partial charge in [-0.1, -0.05) is 25.0 Å². The van der Waals surface area contributed by atoms with Crippen molar-refractivity contribution in [2.45, 2.75) is 38.5 Å². The van der Waals surface area contributed by atoms with E-state index in [9.17, 15) is 9.90 Å². The fourth-order valence-corrected chi connectivity index (χ4v) is 3.24. The number of phenolic OH excluding ortho intramolecular Hbond substituents is 1. The minimum atomic E-state index is 0.176. The molecule has 3 nitrogen and oxygen atoms in total. The van der Waals surface area contributed by atoms with Crippen LogP contribution in [0.2, 0.25) is 0 Å². The molecule has 0 aromatic heterocycles. The van der Waals surface area contributed by atoms with E-state index in [1.165, 1.54) is 0 Å². The molecule has 3 rings (SSSR count). The molecule has 1 aromatic rings. The lowest BCUT2D eigenvalue weighted by Crippen LogP contribution is -2.39. The molecule has 1 aliphatic carbocycles. The van der Waals surface area contributed by atoms with E-state index in [1.54, 1.807) is 6.07 Å². The number of fused-ring (bicyclic) bond motifs is 1. The average Bonchev–Trinajstić information content (AvgIpc) is 2.91. The van der Waals surface area contributed by atoms with E-state index < -0.39 is 0 Å². The molecule has 0 unspecified atom stereocenters. The number of hydrogen-bond donors (Lipinski definition) is 1. The molecule has 1 N–H and O–H groups in total. The summed E-state index contributed by atoms with van der Waals surface area (Å²) in [7, 11) is 0. The number of amides is 1. The van der Waals surface area contributed by atoms with Gasteiger partial charge in [0.1, 0.15) is 5.75 Å². The standard InChI is InChI=1S/C15H19NO2/c17-13-9-3-7-11-8-4-10-16(14(11)13)15(18)12-5-1-2-6-12/h3,7,9,12,17H,1-2,4-6,8,10H2. The highest BCUT2D eigenvalue weighted by atomic mass is 16.3. The molecular formula is C15H19NO2. The highest BCUT2D eigenvalue weighted by molar-refractivity contribution is 5.97. The van der Waals surface area contributed by atoms with E-state index in [2.05, 4.69) is 0 Å². The number of rotatable bonds is 1. The monoisotopic (exact) mass is 245 g/mol. The van der Waals surface area contributed by atoms with Crippen molar-refractivity contribution in [1.82, 2.24) is 0 Å². The molecule has 0 bridgehead atoms. The first-order valence-corrected chi connectivity index (χ1v) is 6.89. The first kappa shape index (κ1) is 11.6. The van der Waals surface area contributed by atoms with Crippen LogP contribution in [0, 0.1) is 5.92 Å². The van der Waals surface area contributed by atoms with Crippen LogP contribution in [0.15, 0.2) is 18.2 Å². The highest BCUT2D eigenvalue weighted by Crippen LogP contribution is 2.38. The van der Waals surface area contributed by atoms with Gasteiger partial charge in [0.15, 0.2) is 0 Å². The third-order valence-corrected chi connectivity index (χ3v) is 4.17. The predicted molar refractivity (Wildman–Crippen MR) is 70.7 cm³/mol. The number of phenols is 1. The summed E-state index contributed by atoms with van der Waals surface area (Å²) in [6.45, 7) is 0.750. The van der Waals surface area contributed by atoms with E-state index in [0.717, 1.165) is 56.3 Å². The Bertz CT molecular complexity index is 464. The lowest BCUT2D eigenvalue weighted by Gasteiger charge is -2.32. The summed E-state index contributed by atoms with van der Waals surface area (Å²) in [6.07, 6.45) is 6.30. The minimum Gasteiger partial charge on any atom is -0.506 e. The van der Waals surface area contributed by atoms with Crippen molar-refractivity contribution in [3.8, 4) is 5.75 Å².